The van der Waals surface area contributed by atoms with Crippen molar-refractivity contribution in [3.8, 4) is 11.1 Å². The summed E-state index contributed by atoms with van der Waals surface area (Å²) in [5.41, 5.74) is 3.75. The number of nitrogens with zero attached hydrogens (tertiary/aromatic N) is 1. The fourth-order valence-corrected chi connectivity index (χ4v) is 4.12. The van der Waals surface area contributed by atoms with Crippen LogP contribution in [-0.2, 0) is 23.1 Å². The first-order valence-corrected chi connectivity index (χ1v) is 10.5. The zero-order chi connectivity index (χ0) is 21.0. The molecule has 3 aromatic carbocycles. The van der Waals surface area contributed by atoms with Crippen molar-refractivity contribution >= 4 is 10.0 Å². The third-order valence-corrected chi connectivity index (χ3v) is 5.85. The fraction of sp³-hybridized carbons (Fsp3) is 0.182. The number of halogens is 2. The Kier molecular flexibility index (Phi) is 6.42. The van der Waals surface area contributed by atoms with Crippen molar-refractivity contribution in [1.29, 1.82) is 0 Å². The number of nitrogens with one attached hydrogen (secondary N) is 1. The lowest BCUT2D eigenvalue weighted by atomic mass is 9.99. The molecule has 0 heterocycles. The van der Waals surface area contributed by atoms with Crippen molar-refractivity contribution in [3.05, 3.63) is 89.5 Å². The van der Waals surface area contributed by atoms with Gasteiger partial charge in [-0.2, -0.15) is 0 Å². The lowest BCUT2D eigenvalue weighted by Crippen LogP contribution is -2.24. The van der Waals surface area contributed by atoms with E-state index in [1.165, 1.54) is 5.56 Å². The van der Waals surface area contributed by atoms with Crippen molar-refractivity contribution in [3.63, 3.8) is 0 Å². The van der Waals surface area contributed by atoms with Gasteiger partial charge >= 0.3 is 0 Å². The van der Waals surface area contributed by atoms with Crippen LogP contribution >= 0.6 is 0 Å². The first-order chi connectivity index (χ1) is 13.8. The summed E-state index contributed by atoms with van der Waals surface area (Å²) >= 11 is 0. The molecule has 0 aliphatic rings. The van der Waals surface area contributed by atoms with Crippen molar-refractivity contribution in [1.82, 2.24) is 9.62 Å². The van der Waals surface area contributed by atoms with Gasteiger partial charge in [0.15, 0.2) is 0 Å². The molecule has 3 aromatic rings. The molecule has 1 N–H and O–H groups in total. The maximum atomic E-state index is 13.9. The van der Waals surface area contributed by atoms with E-state index >= 15 is 0 Å². The van der Waals surface area contributed by atoms with Crippen LogP contribution in [0.1, 0.15) is 11.1 Å². The monoisotopic (exact) mass is 416 g/mol. The SMILES string of the molecule is CN(C)Cc1ccc(-c2ccccc2CNS(=O)(=O)c2ccc(F)cc2F)cc1. The highest BCUT2D eigenvalue weighted by Crippen LogP contribution is 2.25. The van der Waals surface area contributed by atoms with Gasteiger partial charge in [0, 0.05) is 19.2 Å². The van der Waals surface area contributed by atoms with Crippen molar-refractivity contribution in [2.24, 2.45) is 0 Å². The van der Waals surface area contributed by atoms with Crippen LogP contribution in [-0.4, -0.2) is 27.4 Å². The van der Waals surface area contributed by atoms with Crippen LogP contribution in [0.5, 0.6) is 0 Å². The number of rotatable bonds is 7. The summed E-state index contributed by atoms with van der Waals surface area (Å²) in [7, 11) is -0.124. The van der Waals surface area contributed by atoms with Gasteiger partial charge in [-0.3, -0.25) is 0 Å². The van der Waals surface area contributed by atoms with Gasteiger partial charge in [0.05, 0.1) is 0 Å². The minimum Gasteiger partial charge on any atom is -0.305 e. The normalized spacial score (nSPS) is 11.8. The molecule has 0 aromatic heterocycles. The number of benzene rings is 3. The second-order valence-electron chi connectivity index (χ2n) is 6.99. The van der Waals surface area contributed by atoms with E-state index in [2.05, 4.69) is 9.62 Å². The Bertz CT molecular complexity index is 1100. The summed E-state index contributed by atoms with van der Waals surface area (Å²) in [6.45, 7) is 0.805. The van der Waals surface area contributed by atoms with Gasteiger partial charge in [-0.05, 0) is 48.5 Å². The highest BCUT2D eigenvalue weighted by atomic mass is 32.2. The Hall–Kier alpha value is -2.61. The minimum atomic E-state index is -4.12. The average molecular weight is 416 g/mol. The highest BCUT2D eigenvalue weighted by molar-refractivity contribution is 7.89. The van der Waals surface area contributed by atoms with Gasteiger partial charge in [-0.25, -0.2) is 21.9 Å². The molecular formula is C22H22F2N2O2S. The summed E-state index contributed by atoms with van der Waals surface area (Å²) in [5.74, 6) is -1.95. The summed E-state index contributed by atoms with van der Waals surface area (Å²) in [6.07, 6.45) is 0. The third kappa shape index (κ3) is 5.26. The van der Waals surface area contributed by atoms with Crippen LogP contribution in [0.25, 0.3) is 11.1 Å². The smallest absolute Gasteiger partial charge is 0.243 e. The second-order valence-corrected chi connectivity index (χ2v) is 8.73. The standard InChI is InChI=1S/C22H22F2N2O2S/c1-26(2)15-16-7-9-17(10-8-16)20-6-4-3-5-18(20)14-25-29(27,28)22-12-11-19(23)13-21(22)24/h3-13,25H,14-15H2,1-2H3. The summed E-state index contributed by atoms with van der Waals surface area (Å²) in [6, 6.07) is 17.8. The molecular weight excluding hydrogens is 394 g/mol. The summed E-state index contributed by atoms with van der Waals surface area (Å²) in [5, 5.41) is 0. The molecule has 0 spiro atoms. The zero-order valence-corrected chi connectivity index (χ0v) is 17.0. The maximum absolute atomic E-state index is 13.9. The number of hydrogen-bond donors (Lipinski definition) is 1. The van der Waals surface area contributed by atoms with E-state index in [-0.39, 0.29) is 6.54 Å². The first kappa shape index (κ1) is 21.1. The molecule has 0 radical (unpaired) electrons. The molecule has 0 saturated heterocycles. The quantitative estimate of drug-likeness (QED) is 0.629. The van der Waals surface area contributed by atoms with Crippen LogP contribution in [0, 0.1) is 11.6 Å². The van der Waals surface area contributed by atoms with Crippen LogP contribution in [0.4, 0.5) is 8.78 Å². The van der Waals surface area contributed by atoms with Gasteiger partial charge in [0.1, 0.15) is 16.5 Å². The predicted octanol–water partition coefficient (Wildman–Crippen LogP) is 4.17. The zero-order valence-electron chi connectivity index (χ0n) is 16.2. The summed E-state index contributed by atoms with van der Waals surface area (Å²) in [4.78, 5) is 1.50. The van der Waals surface area contributed by atoms with Crippen molar-refractivity contribution in [2.75, 3.05) is 14.1 Å². The molecule has 0 saturated carbocycles. The van der Waals surface area contributed by atoms with Gasteiger partial charge in [0.25, 0.3) is 0 Å². The maximum Gasteiger partial charge on any atom is 0.243 e. The van der Waals surface area contributed by atoms with Gasteiger partial charge in [-0.15, -0.1) is 0 Å². The van der Waals surface area contributed by atoms with E-state index < -0.39 is 26.6 Å². The number of sulfonamides is 1. The Morgan fingerprint density at radius 2 is 1.62 bits per heavy atom. The van der Waals surface area contributed by atoms with Gasteiger partial charge in [-0.1, -0.05) is 48.5 Å². The Morgan fingerprint density at radius 1 is 0.931 bits per heavy atom. The third-order valence-electron chi connectivity index (χ3n) is 4.42. The largest absolute Gasteiger partial charge is 0.305 e. The molecule has 0 fully saturated rings. The van der Waals surface area contributed by atoms with E-state index in [0.29, 0.717) is 6.07 Å². The summed E-state index contributed by atoms with van der Waals surface area (Å²) < 4.78 is 54.3. The molecule has 29 heavy (non-hydrogen) atoms. The minimum absolute atomic E-state index is 0.0191. The molecule has 0 aliphatic heterocycles. The van der Waals surface area contributed by atoms with Crippen LogP contribution in [0.3, 0.4) is 0 Å². The van der Waals surface area contributed by atoms with E-state index in [4.69, 9.17) is 0 Å². The molecule has 0 bridgehead atoms. The molecule has 3 rings (SSSR count). The Morgan fingerprint density at radius 3 is 2.28 bits per heavy atom. The number of hydrogen-bond acceptors (Lipinski definition) is 3. The molecule has 0 amide bonds. The first-order valence-electron chi connectivity index (χ1n) is 9.03. The van der Waals surface area contributed by atoms with E-state index in [1.54, 1.807) is 0 Å². The molecule has 152 valence electrons. The lowest BCUT2D eigenvalue weighted by Gasteiger charge is -2.13. The van der Waals surface area contributed by atoms with Crippen molar-refractivity contribution in [2.45, 2.75) is 18.0 Å². The average Bonchev–Trinajstić information content (AvgIpc) is 2.66. The van der Waals surface area contributed by atoms with Gasteiger partial charge < -0.3 is 4.90 Å². The molecule has 7 heteroatoms. The Labute approximate surface area is 169 Å². The molecule has 0 atom stereocenters. The fourth-order valence-electron chi connectivity index (χ4n) is 3.05. The second kappa shape index (κ2) is 8.82. The van der Waals surface area contributed by atoms with Gasteiger partial charge in [0.2, 0.25) is 10.0 Å². The van der Waals surface area contributed by atoms with Crippen LogP contribution in [0.2, 0.25) is 0 Å². The van der Waals surface area contributed by atoms with E-state index in [9.17, 15) is 17.2 Å². The topological polar surface area (TPSA) is 49.4 Å². The van der Waals surface area contributed by atoms with Crippen LogP contribution < -0.4 is 4.72 Å². The predicted molar refractivity (Wildman–Crippen MR) is 110 cm³/mol. The van der Waals surface area contributed by atoms with Crippen LogP contribution in [0.15, 0.2) is 71.6 Å². The van der Waals surface area contributed by atoms with E-state index in [1.807, 2.05) is 62.6 Å². The lowest BCUT2D eigenvalue weighted by molar-refractivity contribution is 0.402. The molecule has 0 unspecified atom stereocenters. The molecule has 4 nitrogen and oxygen atoms in total. The highest BCUT2D eigenvalue weighted by Gasteiger charge is 2.20. The van der Waals surface area contributed by atoms with Crippen molar-refractivity contribution < 1.29 is 17.2 Å². The molecule has 0 aliphatic carbocycles. The Balaban J connectivity index is 1.82. The van der Waals surface area contributed by atoms with E-state index in [0.717, 1.165) is 35.4 Å².